The largest absolute Gasteiger partial charge is 0.508 e. The molecule has 0 saturated heterocycles. The lowest BCUT2D eigenvalue weighted by Gasteiger charge is -2.28. The Bertz CT molecular complexity index is 1000. The van der Waals surface area contributed by atoms with Gasteiger partial charge in [-0.3, -0.25) is 10.1 Å². The third kappa shape index (κ3) is 8.50. The van der Waals surface area contributed by atoms with Gasteiger partial charge in [-0.15, -0.1) is 0 Å². The number of ether oxygens (including phenoxy) is 2. The van der Waals surface area contributed by atoms with Gasteiger partial charge in [0.1, 0.15) is 5.75 Å². The number of rotatable bonds is 11. The Hall–Kier alpha value is -2.92. The first-order valence-corrected chi connectivity index (χ1v) is 11.4. The van der Waals surface area contributed by atoms with E-state index < -0.39 is 24.3 Å². The number of carboxylic acids is 1. The number of halogens is 1. The number of aliphatic carboxylic acids is 1. The van der Waals surface area contributed by atoms with Crippen molar-refractivity contribution in [3.8, 4) is 5.75 Å². The highest BCUT2D eigenvalue weighted by molar-refractivity contribution is 14.1. The van der Waals surface area contributed by atoms with Crippen LogP contribution in [-0.2, 0) is 14.3 Å². The quantitative estimate of drug-likeness (QED) is 0.191. The Morgan fingerprint density at radius 2 is 1.85 bits per heavy atom. The zero-order valence-corrected chi connectivity index (χ0v) is 20.4. The van der Waals surface area contributed by atoms with Gasteiger partial charge in [0, 0.05) is 33.1 Å². The maximum absolute atomic E-state index is 12.7. The number of phenols is 1. The van der Waals surface area contributed by atoms with Crippen molar-refractivity contribution in [3.63, 3.8) is 0 Å². The average Bonchev–Trinajstić information content (AvgIpc) is 2.76. The van der Waals surface area contributed by atoms with Crippen LogP contribution >= 0.6 is 22.6 Å². The van der Waals surface area contributed by atoms with Crippen molar-refractivity contribution in [3.05, 3.63) is 69.3 Å². The summed E-state index contributed by atoms with van der Waals surface area (Å²) in [7, 11) is 0. The molecule has 0 fully saturated rings. The molecule has 0 heterocycles. The summed E-state index contributed by atoms with van der Waals surface area (Å²) in [4.78, 5) is 34.9. The molecule has 0 aliphatic rings. The molecule has 2 atom stereocenters. The fourth-order valence-corrected chi connectivity index (χ4v) is 3.64. The standard InChI is InChI=1S/C24H26INO7/c1-3-32-21(6-4-5-7-22(29)30)23(19-14-17(25)10-13-20(19)28)33-24(31)26-18-11-8-16(9-12-18)15(2)27/h5,7-14,21,23,28H,3-4,6H2,1-2H3,(H,26,31)(H,29,30)/b7-5+/t21-,23-/m0/s1. The molecular formula is C24H26INO7. The summed E-state index contributed by atoms with van der Waals surface area (Å²) in [6.07, 6.45) is 0.914. The van der Waals surface area contributed by atoms with Gasteiger partial charge in [-0.05, 0) is 91.7 Å². The van der Waals surface area contributed by atoms with Gasteiger partial charge >= 0.3 is 12.1 Å². The summed E-state index contributed by atoms with van der Waals surface area (Å²) >= 11 is 2.09. The van der Waals surface area contributed by atoms with Gasteiger partial charge in [0.2, 0.25) is 0 Å². The number of carbonyl (C=O) groups excluding carboxylic acids is 2. The van der Waals surface area contributed by atoms with Gasteiger partial charge in [-0.25, -0.2) is 9.59 Å². The van der Waals surface area contributed by atoms with Crippen LogP contribution in [0.1, 0.15) is 48.7 Å². The highest BCUT2D eigenvalue weighted by atomic mass is 127. The van der Waals surface area contributed by atoms with Crippen LogP contribution in [-0.4, -0.2) is 40.8 Å². The van der Waals surface area contributed by atoms with Crippen molar-refractivity contribution in [1.29, 1.82) is 0 Å². The maximum atomic E-state index is 12.7. The normalized spacial score (nSPS) is 12.8. The van der Waals surface area contributed by atoms with E-state index in [1.54, 1.807) is 43.3 Å². The number of ketones is 1. The molecule has 176 valence electrons. The van der Waals surface area contributed by atoms with Crippen LogP contribution in [0.5, 0.6) is 5.75 Å². The van der Waals surface area contributed by atoms with Crippen LogP contribution in [0.15, 0.2) is 54.6 Å². The molecule has 0 aliphatic heterocycles. The number of benzene rings is 2. The first-order chi connectivity index (χ1) is 15.7. The summed E-state index contributed by atoms with van der Waals surface area (Å²) in [5.74, 6) is -1.19. The zero-order chi connectivity index (χ0) is 24.4. The maximum Gasteiger partial charge on any atom is 0.412 e. The SMILES string of the molecule is CCO[C@@H](CC/C=C/C(=O)O)[C@@H](OC(=O)Nc1ccc(C(C)=O)cc1)c1cc(I)ccc1O. The molecule has 2 aromatic rings. The number of aromatic hydroxyl groups is 1. The monoisotopic (exact) mass is 567 g/mol. The second-order valence-electron chi connectivity index (χ2n) is 7.10. The van der Waals surface area contributed by atoms with Gasteiger partial charge in [0.05, 0.1) is 6.10 Å². The first-order valence-electron chi connectivity index (χ1n) is 10.3. The van der Waals surface area contributed by atoms with Crippen molar-refractivity contribution in [2.24, 2.45) is 0 Å². The predicted octanol–water partition coefficient (Wildman–Crippen LogP) is 5.32. The Balaban J connectivity index is 2.26. The molecule has 2 aromatic carbocycles. The molecule has 0 aliphatic carbocycles. The number of anilines is 1. The van der Waals surface area contributed by atoms with E-state index in [-0.39, 0.29) is 11.5 Å². The number of allylic oxidation sites excluding steroid dienone is 1. The van der Waals surface area contributed by atoms with Gasteiger partial charge in [0.25, 0.3) is 0 Å². The number of hydrogen-bond acceptors (Lipinski definition) is 6. The highest BCUT2D eigenvalue weighted by Gasteiger charge is 2.30. The lowest BCUT2D eigenvalue weighted by atomic mass is 9.99. The van der Waals surface area contributed by atoms with E-state index in [0.29, 0.717) is 36.3 Å². The lowest BCUT2D eigenvalue weighted by Crippen LogP contribution is -2.29. The fraction of sp³-hybridized carbons (Fsp3) is 0.292. The smallest absolute Gasteiger partial charge is 0.412 e. The molecular weight excluding hydrogens is 541 g/mol. The lowest BCUT2D eigenvalue weighted by molar-refractivity contribution is -0.131. The van der Waals surface area contributed by atoms with Crippen molar-refractivity contribution >= 4 is 46.1 Å². The van der Waals surface area contributed by atoms with E-state index in [1.165, 1.54) is 19.1 Å². The first kappa shape index (κ1) is 26.3. The molecule has 1 amide bonds. The van der Waals surface area contributed by atoms with E-state index in [2.05, 4.69) is 27.9 Å². The number of nitrogens with one attached hydrogen (secondary N) is 1. The number of Topliss-reactive ketones (excluding diaryl/α,β-unsaturated/α-hetero) is 1. The minimum atomic E-state index is -1.05. The van der Waals surface area contributed by atoms with E-state index in [9.17, 15) is 19.5 Å². The summed E-state index contributed by atoms with van der Waals surface area (Å²) in [5, 5.41) is 21.9. The van der Waals surface area contributed by atoms with E-state index in [0.717, 1.165) is 9.65 Å². The Labute approximate surface area is 205 Å². The molecule has 0 saturated carbocycles. The third-order valence-electron chi connectivity index (χ3n) is 4.66. The minimum Gasteiger partial charge on any atom is -0.508 e. The fourth-order valence-electron chi connectivity index (χ4n) is 3.12. The number of phenolic OH excluding ortho intramolecular Hbond substituents is 1. The van der Waals surface area contributed by atoms with Crippen LogP contribution in [0.3, 0.4) is 0 Å². The number of carboxylic acid groups (broad SMARTS) is 1. The topological polar surface area (TPSA) is 122 Å². The van der Waals surface area contributed by atoms with Crippen molar-refractivity contribution in [2.45, 2.75) is 38.9 Å². The third-order valence-corrected chi connectivity index (χ3v) is 5.34. The highest BCUT2D eigenvalue weighted by Crippen LogP contribution is 2.34. The Morgan fingerprint density at radius 3 is 2.45 bits per heavy atom. The Morgan fingerprint density at radius 1 is 1.15 bits per heavy atom. The molecule has 0 spiro atoms. The average molecular weight is 567 g/mol. The molecule has 33 heavy (non-hydrogen) atoms. The van der Waals surface area contributed by atoms with Crippen molar-refractivity contribution in [1.82, 2.24) is 0 Å². The zero-order valence-electron chi connectivity index (χ0n) is 18.3. The molecule has 0 aromatic heterocycles. The summed E-state index contributed by atoms with van der Waals surface area (Å²) in [5.41, 5.74) is 1.33. The molecule has 8 nitrogen and oxygen atoms in total. The second kappa shape index (κ2) is 12.9. The minimum absolute atomic E-state index is 0.0511. The van der Waals surface area contributed by atoms with Gasteiger partial charge < -0.3 is 19.7 Å². The van der Waals surface area contributed by atoms with E-state index >= 15 is 0 Å². The van der Waals surface area contributed by atoms with Gasteiger partial charge in [-0.2, -0.15) is 0 Å². The van der Waals surface area contributed by atoms with E-state index in [1.807, 2.05) is 0 Å². The van der Waals surface area contributed by atoms with E-state index in [4.69, 9.17) is 14.6 Å². The second-order valence-corrected chi connectivity index (χ2v) is 8.34. The van der Waals surface area contributed by atoms with Crippen LogP contribution in [0.2, 0.25) is 0 Å². The van der Waals surface area contributed by atoms with Crippen LogP contribution in [0.25, 0.3) is 0 Å². The molecule has 0 unspecified atom stereocenters. The predicted molar refractivity (Wildman–Crippen MR) is 132 cm³/mol. The molecule has 9 heteroatoms. The van der Waals surface area contributed by atoms with Gasteiger partial charge in [0.15, 0.2) is 11.9 Å². The number of amides is 1. The number of hydrogen-bond donors (Lipinski definition) is 3. The summed E-state index contributed by atoms with van der Waals surface area (Å²) in [6, 6.07) is 11.3. The van der Waals surface area contributed by atoms with Crippen LogP contribution in [0, 0.1) is 3.57 Å². The molecule has 2 rings (SSSR count). The van der Waals surface area contributed by atoms with Crippen molar-refractivity contribution < 1.29 is 34.1 Å². The number of carbonyl (C=O) groups is 3. The van der Waals surface area contributed by atoms with Crippen LogP contribution < -0.4 is 5.32 Å². The summed E-state index contributed by atoms with van der Waals surface area (Å²) in [6.45, 7) is 3.57. The Kier molecular flexibility index (Phi) is 10.3. The summed E-state index contributed by atoms with van der Waals surface area (Å²) < 4.78 is 12.3. The molecule has 0 bridgehead atoms. The molecule has 3 N–H and O–H groups in total. The van der Waals surface area contributed by atoms with Gasteiger partial charge in [-0.1, -0.05) is 6.08 Å². The molecule has 0 radical (unpaired) electrons. The van der Waals surface area contributed by atoms with Crippen LogP contribution in [0.4, 0.5) is 10.5 Å². The van der Waals surface area contributed by atoms with Crippen molar-refractivity contribution in [2.75, 3.05) is 11.9 Å².